The summed E-state index contributed by atoms with van der Waals surface area (Å²) in [6.45, 7) is 4.35. The van der Waals surface area contributed by atoms with Crippen LogP contribution in [-0.4, -0.2) is 78.5 Å². The normalized spacial score (nSPS) is 24.0. The van der Waals surface area contributed by atoms with Crippen molar-refractivity contribution in [2.24, 2.45) is 0 Å². The molecule has 1 fully saturated rings. The van der Waals surface area contributed by atoms with Crippen molar-refractivity contribution in [3.63, 3.8) is 0 Å². The summed E-state index contributed by atoms with van der Waals surface area (Å²) in [6, 6.07) is 0. The zero-order valence-electron chi connectivity index (χ0n) is 14.7. The molecule has 8 heteroatoms. The lowest BCUT2D eigenvalue weighted by Gasteiger charge is -2.27. The van der Waals surface area contributed by atoms with E-state index in [0.29, 0.717) is 10.5 Å². The highest BCUT2D eigenvalue weighted by Gasteiger charge is 2.21. The van der Waals surface area contributed by atoms with Crippen LogP contribution in [0.1, 0.15) is 13.8 Å². The number of rotatable bonds is 14. The molecule has 4 atom stereocenters. The molecule has 0 aromatic carbocycles. The van der Waals surface area contributed by atoms with Gasteiger partial charge in [0.1, 0.15) is 0 Å². The third kappa shape index (κ3) is 14.8. The SMILES string of the molecule is CC(S)CSCCSCC1CSC(CSCCSCC(C)S)CS1. The summed E-state index contributed by atoms with van der Waals surface area (Å²) in [5.41, 5.74) is 0. The molecule has 24 heavy (non-hydrogen) atoms. The molecule has 0 nitrogen and oxygen atoms in total. The van der Waals surface area contributed by atoms with E-state index in [9.17, 15) is 0 Å². The quantitative estimate of drug-likeness (QED) is 0.237. The Labute approximate surface area is 186 Å². The maximum atomic E-state index is 4.42. The number of hydrogen-bond acceptors (Lipinski definition) is 8. The van der Waals surface area contributed by atoms with Crippen molar-refractivity contribution in [3.05, 3.63) is 0 Å². The molecule has 144 valence electrons. The molecule has 1 saturated heterocycles. The summed E-state index contributed by atoms with van der Waals surface area (Å²) in [5.74, 6) is 12.9. The van der Waals surface area contributed by atoms with Crippen LogP contribution in [0.4, 0.5) is 0 Å². The van der Waals surface area contributed by atoms with Gasteiger partial charge in [-0.1, -0.05) is 13.8 Å². The van der Waals surface area contributed by atoms with Crippen molar-refractivity contribution in [2.75, 3.05) is 57.5 Å². The first-order valence-electron chi connectivity index (χ1n) is 8.48. The van der Waals surface area contributed by atoms with E-state index >= 15 is 0 Å². The molecule has 1 aliphatic heterocycles. The Morgan fingerprint density at radius 3 is 1.46 bits per heavy atom. The van der Waals surface area contributed by atoms with E-state index in [1.165, 1.54) is 57.5 Å². The Bertz CT molecular complexity index is 251. The molecule has 0 aliphatic carbocycles. The predicted molar refractivity (Wildman–Crippen MR) is 139 cm³/mol. The Morgan fingerprint density at radius 2 is 1.12 bits per heavy atom. The Hall–Kier alpha value is 2.80. The van der Waals surface area contributed by atoms with E-state index < -0.39 is 0 Å². The highest BCUT2D eigenvalue weighted by atomic mass is 32.2. The van der Waals surface area contributed by atoms with Gasteiger partial charge in [-0.15, -0.1) is 0 Å². The van der Waals surface area contributed by atoms with Gasteiger partial charge in [0.2, 0.25) is 0 Å². The molecule has 0 aromatic rings. The third-order valence-electron chi connectivity index (χ3n) is 3.11. The molecule has 0 bridgehead atoms. The van der Waals surface area contributed by atoms with E-state index in [1.807, 2.05) is 23.5 Å². The van der Waals surface area contributed by atoms with Gasteiger partial charge in [0.05, 0.1) is 0 Å². The zero-order valence-corrected chi connectivity index (χ0v) is 21.4. The van der Waals surface area contributed by atoms with Crippen LogP contribution in [0.15, 0.2) is 0 Å². The molecule has 1 rings (SSSR count). The minimum atomic E-state index is 0.533. The van der Waals surface area contributed by atoms with Crippen LogP contribution in [-0.2, 0) is 0 Å². The first-order chi connectivity index (χ1) is 11.6. The molecular formula is C16H32S8. The Morgan fingerprint density at radius 1 is 0.750 bits per heavy atom. The largest absolute Gasteiger partial charge is 0.175 e. The molecule has 0 aromatic heterocycles. The van der Waals surface area contributed by atoms with E-state index in [2.05, 4.69) is 86.2 Å². The summed E-state index contributed by atoms with van der Waals surface area (Å²) in [4.78, 5) is 0. The van der Waals surface area contributed by atoms with Crippen LogP contribution >= 0.6 is 95.8 Å². The predicted octanol–water partition coefficient (Wildman–Crippen LogP) is 5.77. The minimum Gasteiger partial charge on any atom is -0.175 e. The standard InChI is InChI=1S/C16H32S8/c1-13(17)7-19-3-5-21-9-15-11-24-16(12-23-15)10-22-6-4-20-8-14(2)18/h13-18H,3-12H2,1-2H3. The highest BCUT2D eigenvalue weighted by molar-refractivity contribution is 8.09. The average molecular weight is 481 g/mol. The summed E-state index contributed by atoms with van der Waals surface area (Å²) in [7, 11) is 0. The average Bonchev–Trinajstić information content (AvgIpc) is 2.54. The van der Waals surface area contributed by atoms with Gasteiger partial charge in [-0.25, -0.2) is 0 Å². The van der Waals surface area contributed by atoms with Gasteiger partial charge in [0.25, 0.3) is 0 Å². The smallest absolute Gasteiger partial charge is 0.0229 e. The van der Waals surface area contributed by atoms with E-state index in [1.54, 1.807) is 0 Å². The molecule has 0 saturated carbocycles. The number of thioether (sulfide) groups is 6. The number of thiol groups is 2. The van der Waals surface area contributed by atoms with Crippen molar-refractivity contribution in [1.29, 1.82) is 0 Å². The first-order valence-corrected chi connectivity index (χ1v) is 16.2. The third-order valence-corrected chi connectivity index (χ3v) is 12.8. The summed E-state index contributed by atoms with van der Waals surface area (Å²) in [5, 5.41) is 2.82. The fourth-order valence-electron chi connectivity index (χ4n) is 1.95. The lowest BCUT2D eigenvalue weighted by molar-refractivity contribution is 1.06. The topological polar surface area (TPSA) is 0 Å². The Balaban J connectivity index is 1.89. The van der Waals surface area contributed by atoms with Crippen LogP contribution in [0.2, 0.25) is 0 Å². The second-order valence-electron chi connectivity index (χ2n) is 5.91. The number of hydrogen-bond donors (Lipinski definition) is 2. The fraction of sp³-hybridized carbons (Fsp3) is 1.00. The summed E-state index contributed by atoms with van der Waals surface area (Å²) >= 11 is 21.7. The molecule has 1 heterocycles. The second kappa shape index (κ2) is 16.7. The van der Waals surface area contributed by atoms with Crippen molar-refractivity contribution in [1.82, 2.24) is 0 Å². The van der Waals surface area contributed by atoms with Crippen LogP contribution in [0.3, 0.4) is 0 Å². The molecule has 1 aliphatic rings. The molecule has 4 unspecified atom stereocenters. The van der Waals surface area contributed by atoms with E-state index in [0.717, 1.165) is 10.5 Å². The van der Waals surface area contributed by atoms with Crippen molar-refractivity contribution >= 4 is 95.8 Å². The van der Waals surface area contributed by atoms with Gasteiger partial charge >= 0.3 is 0 Å². The maximum Gasteiger partial charge on any atom is 0.0229 e. The van der Waals surface area contributed by atoms with Crippen molar-refractivity contribution in [2.45, 2.75) is 34.8 Å². The first kappa shape index (κ1) is 24.8. The van der Waals surface area contributed by atoms with Gasteiger partial charge in [-0.3, -0.25) is 0 Å². The fourth-order valence-corrected chi connectivity index (χ4v) is 10.7. The highest BCUT2D eigenvalue weighted by Crippen LogP contribution is 2.33. The van der Waals surface area contributed by atoms with Crippen LogP contribution in [0.25, 0.3) is 0 Å². The Kier molecular flexibility index (Phi) is 17.3. The molecule has 0 radical (unpaired) electrons. The van der Waals surface area contributed by atoms with Gasteiger partial charge in [0, 0.05) is 78.5 Å². The lowest BCUT2D eigenvalue weighted by atomic mass is 10.5. The second-order valence-corrected chi connectivity index (χ2v) is 14.9. The van der Waals surface area contributed by atoms with Crippen molar-refractivity contribution in [3.8, 4) is 0 Å². The van der Waals surface area contributed by atoms with Crippen LogP contribution in [0.5, 0.6) is 0 Å². The zero-order chi connectivity index (χ0) is 17.6. The van der Waals surface area contributed by atoms with E-state index in [-0.39, 0.29) is 0 Å². The monoisotopic (exact) mass is 480 g/mol. The molecule has 0 N–H and O–H groups in total. The minimum absolute atomic E-state index is 0.533. The van der Waals surface area contributed by atoms with E-state index in [4.69, 9.17) is 0 Å². The lowest BCUT2D eigenvalue weighted by Crippen LogP contribution is -2.25. The van der Waals surface area contributed by atoms with Gasteiger partial charge < -0.3 is 0 Å². The molecular weight excluding hydrogens is 449 g/mol. The molecule has 0 amide bonds. The van der Waals surface area contributed by atoms with Gasteiger partial charge in [0.15, 0.2) is 0 Å². The van der Waals surface area contributed by atoms with Gasteiger partial charge in [-0.2, -0.15) is 95.8 Å². The molecule has 0 spiro atoms. The summed E-state index contributed by atoms with van der Waals surface area (Å²) in [6.07, 6.45) is 0. The van der Waals surface area contributed by atoms with Crippen LogP contribution < -0.4 is 0 Å². The van der Waals surface area contributed by atoms with Crippen LogP contribution in [0, 0.1) is 0 Å². The van der Waals surface area contributed by atoms with Crippen molar-refractivity contribution < 1.29 is 0 Å². The van der Waals surface area contributed by atoms with Gasteiger partial charge in [-0.05, 0) is 0 Å². The summed E-state index contributed by atoms with van der Waals surface area (Å²) < 4.78 is 0. The maximum absolute atomic E-state index is 4.42.